The van der Waals surface area contributed by atoms with E-state index in [9.17, 15) is 9.59 Å². The smallest absolute Gasteiger partial charge is 0.324 e. The maximum atomic E-state index is 12.2. The highest BCUT2D eigenvalue weighted by molar-refractivity contribution is 6.04. The Balaban J connectivity index is 2.12. The van der Waals surface area contributed by atoms with E-state index in [0.717, 1.165) is 25.7 Å². The SMILES string of the molecule is O=C1NCCCCCCN1C(=O)c1ccncc1. The molecule has 2 rings (SSSR count). The monoisotopic (exact) mass is 247 g/mol. The number of nitrogens with one attached hydrogen (secondary N) is 1. The van der Waals surface area contributed by atoms with Gasteiger partial charge in [0.15, 0.2) is 0 Å². The van der Waals surface area contributed by atoms with Crippen molar-refractivity contribution >= 4 is 11.9 Å². The Morgan fingerprint density at radius 1 is 1.17 bits per heavy atom. The van der Waals surface area contributed by atoms with Crippen molar-refractivity contribution in [2.24, 2.45) is 0 Å². The summed E-state index contributed by atoms with van der Waals surface area (Å²) in [5.74, 6) is -0.253. The van der Waals surface area contributed by atoms with E-state index in [1.807, 2.05) is 0 Å². The van der Waals surface area contributed by atoms with E-state index < -0.39 is 0 Å². The average Bonchev–Trinajstić information content (AvgIpc) is 2.51. The normalized spacial score (nSPS) is 17.3. The molecule has 96 valence electrons. The Morgan fingerprint density at radius 2 is 1.89 bits per heavy atom. The van der Waals surface area contributed by atoms with Crippen LogP contribution < -0.4 is 5.32 Å². The van der Waals surface area contributed by atoms with E-state index in [1.165, 1.54) is 4.90 Å². The van der Waals surface area contributed by atoms with Crippen molar-refractivity contribution in [1.29, 1.82) is 0 Å². The first-order valence-corrected chi connectivity index (χ1v) is 6.29. The number of hydrogen-bond donors (Lipinski definition) is 1. The van der Waals surface area contributed by atoms with E-state index in [1.54, 1.807) is 24.5 Å². The van der Waals surface area contributed by atoms with E-state index in [4.69, 9.17) is 0 Å². The van der Waals surface area contributed by atoms with Gasteiger partial charge in [-0.25, -0.2) is 4.79 Å². The van der Waals surface area contributed by atoms with Gasteiger partial charge in [0.05, 0.1) is 0 Å². The van der Waals surface area contributed by atoms with Gasteiger partial charge in [0, 0.05) is 31.0 Å². The zero-order chi connectivity index (χ0) is 12.8. The standard InChI is InChI=1S/C13H17N3O2/c17-12(11-5-8-14-9-6-11)16-10-4-2-1-3-7-15-13(16)18/h5-6,8-9H,1-4,7,10H2,(H,15,18). The van der Waals surface area contributed by atoms with Crippen molar-refractivity contribution in [1.82, 2.24) is 15.2 Å². The second-order valence-corrected chi connectivity index (χ2v) is 4.34. The lowest BCUT2D eigenvalue weighted by Gasteiger charge is -2.20. The molecule has 0 saturated carbocycles. The van der Waals surface area contributed by atoms with Gasteiger partial charge in [0.2, 0.25) is 0 Å². The number of hydrogen-bond acceptors (Lipinski definition) is 3. The summed E-state index contributed by atoms with van der Waals surface area (Å²) in [7, 11) is 0. The fourth-order valence-electron chi connectivity index (χ4n) is 1.98. The molecule has 5 nitrogen and oxygen atoms in total. The molecule has 0 radical (unpaired) electrons. The number of rotatable bonds is 1. The molecule has 0 aliphatic carbocycles. The number of aromatic nitrogens is 1. The lowest BCUT2D eigenvalue weighted by molar-refractivity contribution is 0.0800. The van der Waals surface area contributed by atoms with Crippen molar-refractivity contribution in [2.75, 3.05) is 13.1 Å². The maximum absolute atomic E-state index is 12.2. The lowest BCUT2D eigenvalue weighted by atomic mass is 10.2. The van der Waals surface area contributed by atoms with Crippen LogP contribution in [0.15, 0.2) is 24.5 Å². The Morgan fingerprint density at radius 3 is 2.67 bits per heavy atom. The molecule has 1 aromatic rings. The first kappa shape index (κ1) is 12.5. The van der Waals surface area contributed by atoms with Gasteiger partial charge in [-0.15, -0.1) is 0 Å². The van der Waals surface area contributed by atoms with E-state index in [2.05, 4.69) is 10.3 Å². The molecule has 1 aliphatic rings. The van der Waals surface area contributed by atoms with Crippen molar-refractivity contribution in [3.63, 3.8) is 0 Å². The number of urea groups is 1. The van der Waals surface area contributed by atoms with Crippen LogP contribution in [0.3, 0.4) is 0 Å². The molecule has 0 aromatic carbocycles. The molecule has 1 N–H and O–H groups in total. The van der Waals surface area contributed by atoms with E-state index in [-0.39, 0.29) is 11.9 Å². The fraction of sp³-hybridized carbons (Fsp3) is 0.462. The predicted octanol–water partition coefficient (Wildman–Crippen LogP) is 1.81. The first-order valence-electron chi connectivity index (χ1n) is 6.29. The van der Waals surface area contributed by atoms with Crippen LogP contribution in [0.5, 0.6) is 0 Å². The number of carbonyl (C=O) groups is 2. The topological polar surface area (TPSA) is 62.3 Å². The Kier molecular flexibility index (Phi) is 4.28. The summed E-state index contributed by atoms with van der Waals surface area (Å²) < 4.78 is 0. The Hall–Kier alpha value is -1.91. The highest BCUT2D eigenvalue weighted by Crippen LogP contribution is 2.09. The van der Waals surface area contributed by atoms with Gasteiger partial charge < -0.3 is 5.32 Å². The molecule has 1 saturated heterocycles. The fourth-order valence-corrected chi connectivity index (χ4v) is 1.98. The van der Waals surface area contributed by atoms with Crippen LogP contribution in [0.25, 0.3) is 0 Å². The molecule has 0 atom stereocenters. The van der Waals surface area contributed by atoms with Crippen LogP contribution in [0.4, 0.5) is 4.79 Å². The maximum Gasteiger partial charge on any atom is 0.324 e. The number of pyridine rings is 1. The number of nitrogens with zero attached hydrogens (tertiary/aromatic N) is 2. The molecule has 0 bridgehead atoms. The quantitative estimate of drug-likeness (QED) is 0.823. The predicted molar refractivity (Wildman–Crippen MR) is 67.1 cm³/mol. The van der Waals surface area contributed by atoms with Crippen LogP contribution in [-0.2, 0) is 0 Å². The van der Waals surface area contributed by atoms with Gasteiger partial charge in [-0.1, -0.05) is 12.8 Å². The minimum absolute atomic E-state index is 0.253. The third-order valence-electron chi connectivity index (χ3n) is 3.00. The number of carbonyl (C=O) groups excluding carboxylic acids is 2. The van der Waals surface area contributed by atoms with E-state index in [0.29, 0.717) is 18.7 Å². The van der Waals surface area contributed by atoms with Crippen molar-refractivity contribution in [2.45, 2.75) is 25.7 Å². The van der Waals surface area contributed by atoms with Crippen LogP contribution in [-0.4, -0.2) is 34.9 Å². The largest absolute Gasteiger partial charge is 0.338 e. The first-order chi connectivity index (χ1) is 8.79. The highest BCUT2D eigenvalue weighted by atomic mass is 16.2. The third kappa shape index (κ3) is 3.06. The van der Waals surface area contributed by atoms with Crippen molar-refractivity contribution in [3.8, 4) is 0 Å². The van der Waals surface area contributed by atoms with Gasteiger partial charge in [-0.3, -0.25) is 14.7 Å². The number of imide groups is 1. The second kappa shape index (κ2) is 6.14. The molecule has 5 heteroatoms. The zero-order valence-electron chi connectivity index (χ0n) is 10.3. The molecule has 1 fully saturated rings. The summed E-state index contributed by atoms with van der Waals surface area (Å²) in [5, 5.41) is 2.78. The van der Waals surface area contributed by atoms with Crippen molar-refractivity contribution < 1.29 is 9.59 Å². The molecule has 1 aromatic heterocycles. The van der Waals surface area contributed by atoms with Gasteiger partial charge >= 0.3 is 6.03 Å². The van der Waals surface area contributed by atoms with Gasteiger partial charge in [-0.05, 0) is 25.0 Å². The molecule has 2 heterocycles. The van der Waals surface area contributed by atoms with Crippen LogP contribution in [0, 0.1) is 0 Å². The molecule has 0 unspecified atom stereocenters. The summed E-state index contributed by atoms with van der Waals surface area (Å²) in [5.41, 5.74) is 0.499. The Labute approximate surface area is 106 Å². The minimum atomic E-state index is -0.293. The van der Waals surface area contributed by atoms with E-state index >= 15 is 0 Å². The van der Waals surface area contributed by atoms with Crippen LogP contribution in [0.2, 0.25) is 0 Å². The second-order valence-electron chi connectivity index (χ2n) is 4.34. The average molecular weight is 247 g/mol. The van der Waals surface area contributed by atoms with Crippen LogP contribution in [0.1, 0.15) is 36.0 Å². The summed E-state index contributed by atoms with van der Waals surface area (Å²) >= 11 is 0. The molecular formula is C13H17N3O2. The summed E-state index contributed by atoms with van der Waals surface area (Å²) in [4.78, 5) is 29.3. The third-order valence-corrected chi connectivity index (χ3v) is 3.00. The molecule has 3 amide bonds. The lowest BCUT2D eigenvalue weighted by Crippen LogP contribution is -2.44. The molecule has 0 spiro atoms. The summed E-state index contributed by atoms with van der Waals surface area (Å²) in [6.07, 6.45) is 7.10. The van der Waals surface area contributed by atoms with Gasteiger partial charge in [0.1, 0.15) is 0 Å². The van der Waals surface area contributed by atoms with Crippen LogP contribution >= 0.6 is 0 Å². The van der Waals surface area contributed by atoms with Gasteiger partial charge in [0.25, 0.3) is 5.91 Å². The summed E-state index contributed by atoms with van der Waals surface area (Å²) in [6, 6.07) is 2.96. The molecular weight excluding hydrogens is 230 g/mol. The van der Waals surface area contributed by atoms with Crippen molar-refractivity contribution in [3.05, 3.63) is 30.1 Å². The summed E-state index contributed by atoms with van der Waals surface area (Å²) in [6.45, 7) is 1.12. The molecule has 18 heavy (non-hydrogen) atoms. The molecule has 1 aliphatic heterocycles. The minimum Gasteiger partial charge on any atom is -0.338 e. The Bertz CT molecular complexity index is 420. The zero-order valence-corrected chi connectivity index (χ0v) is 10.3. The number of amides is 3. The highest BCUT2D eigenvalue weighted by Gasteiger charge is 2.22. The van der Waals surface area contributed by atoms with Gasteiger partial charge in [-0.2, -0.15) is 0 Å².